The summed E-state index contributed by atoms with van der Waals surface area (Å²) in [5.41, 5.74) is 0. The molecule has 0 fully saturated rings. The molecule has 0 radical (unpaired) electrons. The summed E-state index contributed by atoms with van der Waals surface area (Å²) in [6, 6.07) is 7.21. The van der Waals surface area contributed by atoms with Gasteiger partial charge in [-0.05, 0) is 47.1 Å². The van der Waals surface area contributed by atoms with Gasteiger partial charge in [-0.25, -0.2) is 0 Å². The van der Waals surface area contributed by atoms with Gasteiger partial charge in [-0.3, -0.25) is 4.57 Å². The molecule has 0 unspecified atom stereocenters. The molecule has 0 amide bonds. The molecule has 4 aromatic heterocycles. The van der Waals surface area contributed by atoms with Gasteiger partial charge in [0.05, 0.1) is 12.0 Å². The van der Waals surface area contributed by atoms with E-state index >= 15 is 0 Å². The van der Waals surface area contributed by atoms with E-state index in [1.807, 2.05) is 23.6 Å². The molecule has 8 nitrogen and oxygen atoms in total. The van der Waals surface area contributed by atoms with Gasteiger partial charge in [0.25, 0.3) is 5.89 Å². The Balaban J connectivity index is 1.49. The van der Waals surface area contributed by atoms with Crippen molar-refractivity contribution in [2.75, 3.05) is 0 Å². The molecule has 0 aliphatic rings. The van der Waals surface area contributed by atoms with Crippen LogP contribution in [0.3, 0.4) is 0 Å². The van der Waals surface area contributed by atoms with Gasteiger partial charge in [-0.2, -0.15) is 0 Å². The van der Waals surface area contributed by atoms with Crippen LogP contribution in [0.2, 0.25) is 0 Å². The molecule has 0 bridgehead atoms. The molecular formula is C15H12BrN5O3S. The second-order valence-corrected chi connectivity index (χ2v) is 6.65. The molecule has 4 aromatic rings. The van der Waals surface area contributed by atoms with Crippen molar-refractivity contribution in [2.45, 2.75) is 24.4 Å². The summed E-state index contributed by atoms with van der Waals surface area (Å²) >= 11 is 4.71. The molecule has 4 heterocycles. The van der Waals surface area contributed by atoms with Gasteiger partial charge < -0.3 is 13.3 Å². The molecule has 10 heteroatoms. The minimum atomic E-state index is 0.342. The predicted molar refractivity (Wildman–Crippen MR) is 92.7 cm³/mol. The van der Waals surface area contributed by atoms with Crippen LogP contribution in [0.15, 0.2) is 53.6 Å². The maximum absolute atomic E-state index is 5.62. The molecule has 0 spiro atoms. The van der Waals surface area contributed by atoms with Gasteiger partial charge in [-0.15, -0.1) is 20.4 Å². The summed E-state index contributed by atoms with van der Waals surface area (Å²) < 4.78 is 19.0. The van der Waals surface area contributed by atoms with Crippen molar-refractivity contribution in [1.29, 1.82) is 0 Å². The van der Waals surface area contributed by atoms with Gasteiger partial charge in [0.15, 0.2) is 27.2 Å². The minimum absolute atomic E-state index is 0.342. The first-order valence-electron chi connectivity index (χ1n) is 7.42. The first-order valence-corrected chi connectivity index (χ1v) is 9.20. The van der Waals surface area contributed by atoms with Crippen LogP contribution in [0.25, 0.3) is 23.2 Å². The van der Waals surface area contributed by atoms with E-state index in [0.717, 1.165) is 11.7 Å². The van der Waals surface area contributed by atoms with Crippen LogP contribution < -0.4 is 0 Å². The van der Waals surface area contributed by atoms with E-state index in [9.17, 15) is 0 Å². The highest BCUT2D eigenvalue weighted by Crippen LogP contribution is 2.28. The van der Waals surface area contributed by atoms with Gasteiger partial charge in [-0.1, -0.05) is 11.8 Å². The summed E-state index contributed by atoms with van der Waals surface area (Å²) in [5, 5.41) is 17.2. The summed E-state index contributed by atoms with van der Waals surface area (Å²) in [7, 11) is 0. The first-order chi connectivity index (χ1) is 12.2. The van der Waals surface area contributed by atoms with Gasteiger partial charge >= 0.3 is 0 Å². The van der Waals surface area contributed by atoms with Crippen LogP contribution in [0.5, 0.6) is 0 Å². The smallest absolute Gasteiger partial charge is 0.283 e. The molecule has 0 aliphatic carbocycles. The van der Waals surface area contributed by atoms with Crippen LogP contribution in [0.1, 0.15) is 12.8 Å². The Bertz CT molecular complexity index is 975. The molecule has 128 valence electrons. The summed E-state index contributed by atoms with van der Waals surface area (Å²) in [4.78, 5) is 0. The normalized spacial score (nSPS) is 11.3. The molecule has 0 aliphatic heterocycles. The summed E-state index contributed by atoms with van der Waals surface area (Å²) in [5.74, 6) is 3.21. The van der Waals surface area contributed by atoms with Gasteiger partial charge in [0.2, 0.25) is 5.89 Å². The van der Waals surface area contributed by atoms with Crippen LogP contribution >= 0.6 is 27.7 Å². The van der Waals surface area contributed by atoms with E-state index < -0.39 is 0 Å². The van der Waals surface area contributed by atoms with Crippen LogP contribution in [0.4, 0.5) is 0 Å². The fraction of sp³-hybridized carbons (Fsp3) is 0.200. The Labute approximate surface area is 154 Å². The molecule has 0 atom stereocenters. The Hall–Kier alpha value is -2.33. The van der Waals surface area contributed by atoms with Crippen molar-refractivity contribution in [3.63, 3.8) is 0 Å². The van der Waals surface area contributed by atoms with E-state index in [0.29, 0.717) is 39.5 Å². The third kappa shape index (κ3) is 3.27. The van der Waals surface area contributed by atoms with Crippen LogP contribution in [0, 0.1) is 0 Å². The van der Waals surface area contributed by atoms with E-state index in [1.165, 1.54) is 11.8 Å². The average molecular weight is 422 g/mol. The zero-order valence-corrected chi connectivity index (χ0v) is 15.5. The minimum Gasteiger partial charge on any atom is -0.461 e. The number of furan rings is 2. The number of halogens is 1. The number of hydrogen-bond acceptors (Lipinski definition) is 8. The van der Waals surface area contributed by atoms with Crippen LogP contribution in [-0.2, 0) is 12.3 Å². The molecule has 0 saturated carbocycles. The zero-order valence-electron chi connectivity index (χ0n) is 13.0. The lowest BCUT2D eigenvalue weighted by Crippen LogP contribution is -1.99. The van der Waals surface area contributed by atoms with Crippen molar-refractivity contribution >= 4 is 27.7 Å². The van der Waals surface area contributed by atoms with E-state index in [4.69, 9.17) is 13.3 Å². The van der Waals surface area contributed by atoms with Crippen molar-refractivity contribution in [1.82, 2.24) is 25.0 Å². The maximum Gasteiger partial charge on any atom is 0.283 e. The third-order valence-corrected chi connectivity index (χ3v) is 4.73. The molecule has 4 rings (SSSR count). The third-order valence-electron chi connectivity index (χ3n) is 3.35. The standard InChI is InChI=1S/C15H12BrN5O3S/c1-2-21-13(9-4-3-7-22-9)18-20-15(21)25-8-12-17-19-14(24-12)10-5-6-11(16)23-10/h3-7H,2,8H2,1H3. The Kier molecular flexibility index (Phi) is 4.45. The summed E-state index contributed by atoms with van der Waals surface area (Å²) in [6.07, 6.45) is 1.61. The number of rotatable bonds is 6. The lowest BCUT2D eigenvalue weighted by Gasteiger charge is -2.04. The average Bonchev–Trinajstić information content (AvgIpc) is 3.38. The number of aromatic nitrogens is 5. The van der Waals surface area contributed by atoms with Crippen molar-refractivity contribution in [3.8, 4) is 23.2 Å². The fourth-order valence-electron chi connectivity index (χ4n) is 2.24. The quantitative estimate of drug-likeness (QED) is 0.426. The molecule has 25 heavy (non-hydrogen) atoms. The molecule has 0 aromatic carbocycles. The van der Waals surface area contributed by atoms with E-state index in [-0.39, 0.29) is 0 Å². The highest BCUT2D eigenvalue weighted by molar-refractivity contribution is 9.10. The van der Waals surface area contributed by atoms with Crippen molar-refractivity contribution in [2.24, 2.45) is 0 Å². The highest BCUT2D eigenvalue weighted by Gasteiger charge is 2.17. The van der Waals surface area contributed by atoms with Gasteiger partial charge in [0, 0.05) is 6.54 Å². The second kappa shape index (κ2) is 6.89. The topological polar surface area (TPSA) is 95.9 Å². The second-order valence-electron chi connectivity index (χ2n) is 4.92. The number of nitrogens with zero attached hydrogens (tertiary/aromatic N) is 5. The van der Waals surface area contributed by atoms with Crippen molar-refractivity contribution < 1.29 is 13.3 Å². The van der Waals surface area contributed by atoms with E-state index in [1.54, 1.807) is 18.4 Å². The summed E-state index contributed by atoms with van der Waals surface area (Å²) in [6.45, 7) is 2.75. The SMILES string of the molecule is CCn1c(SCc2nnc(-c3ccc(Br)o3)o2)nnc1-c1ccco1. The maximum atomic E-state index is 5.62. The predicted octanol–water partition coefficient (Wildman–Crippen LogP) is 4.26. The monoisotopic (exact) mass is 421 g/mol. The molecule has 0 N–H and O–H groups in total. The Morgan fingerprint density at radius 2 is 2.00 bits per heavy atom. The fourth-order valence-corrected chi connectivity index (χ4v) is 3.38. The number of thioether (sulfide) groups is 1. The zero-order chi connectivity index (χ0) is 17.2. The lowest BCUT2D eigenvalue weighted by atomic mass is 10.4. The lowest BCUT2D eigenvalue weighted by molar-refractivity contribution is 0.486. The Morgan fingerprint density at radius 1 is 1.08 bits per heavy atom. The largest absolute Gasteiger partial charge is 0.461 e. The van der Waals surface area contributed by atoms with Crippen LogP contribution in [-0.4, -0.2) is 25.0 Å². The van der Waals surface area contributed by atoms with Gasteiger partial charge in [0.1, 0.15) is 0 Å². The van der Waals surface area contributed by atoms with Crippen molar-refractivity contribution in [3.05, 3.63) is 41.1 Å². The highest BCUT2D eigenvalue weighted by atomic mass is 79.9. The molecular weight excluding hydrogens is 410 g/mol. The first kappa shape index (κ1) is 16.2. The molecule has 0 saturated heterocycles. The van der Waals surface area contributed by atoms with E-state index in [2.05, 4.69) is 36.3 Å². The number of hydrogen-bond donors (Lipinski definition) is 0. The Morgan fingerprint density at radius 3 is 2.72 bits per heavy atom.